The number of pyridine rings is 1. The molecule has 0 aromatic carbocycles. The molecule has 0 aliphatic carbocycles. The van der Waals surface area contributed by atoms with Gasteiger partial charge in [-0.1, -0.05) is 0 Å². The molecule has 3 heterocycles. The molecule has 3 rings (SSSR count). The number of aromatic nitrogens is 3. The summed E-state index contributed by atoms with van der Waals surface area (Å²) in [4.78, 5) is 12.5. The number of hydrogen-bond donors (Lipinski definition) is 1. The molecule has 0 aliphatic rings. The highest BCUT2D eigenvalue weighted by Crippen LogP contribution is 2.21. The van der Waals surface area contributed by atoms with Crippen molar-refractivity contribution in [1.82, 2.24) is 15.0 Å². The summed E-state index contributed by atoms with van der Waals surface area (Å²) in [6, 6.07) is 4.13. The summed E-state index contributed by atoms with van der Waals surface area (Å²) in [7, 11) is 0. The molecule has 3 nitrogen and oxygen atoms in total. The van der Waals surface area contributed by atoms with Crippen LogP contribution in [0.4, 0.5) is 0 Å². The molecule has 0 saturated heterocycles. The Balaban J connectivity index is 2.62. The Hall–Kier alpha value is -1.42. The van der Waals surface area contributed by atoms with Crippen molar-refractivity contribution in [2.75, 3.05) is 0 Å². The van der Waals surface area contributed by atoms with Gasteiger partial charge in [-0.25, -0.2) is 9.97 Å². The van der Waals surface area contributed by atoms with Crippen LogP contribution < -0.4 is 0 Å². The van der Waals surface area contributed by atoms with Crippen LogP contribution in [0.3, 0.4) is 0 Å². The summed E-state index contributed by atoms with van der Waals surface area (Å²) in [6.45, 7) is 0. The first-order chi connectivity index (χ1) is 5.93. The lowest BCUT2D eigenvalue weighted by Gasteiger charge is -1.87. The molecule has 0 atom stereocenters. The molecule has 0 spiro atoms. The van der Waals surface area contributed by atoms with Crippen LogP contribution in [0.2, 0.25) is 0 Å². The summed E-state index contributed by atoms with van der Waals surface area (Å²) in [5.74, 6) is 0. The predicted octanol–water partition coefficient (Wildman–Crippen LogP) is 2.17. The van der Waals surface area contributed by atoms with Gasteiger partial charge in [-0.3, -0.25) is 0 Å². The van der Waals surface area contributed by atoms with E-state index in [-0.39, 0.29) is 0 Å². The predicted molar refractivity (Wildman–Crippen MR) is 49.3 cm³/mol. The zero-order chi connectivity index (χ0) is 7.97. The van der Waals surface area contributed by atoms with Crippen LogP contribution in [-0.2, 0) is 0 Å². The van der Waals surface area contributed by atoms with E-state index < -0.39 is 0 Å². The fourth-order valence-corrected chi connectivity index (χ4v) is 2.00. The van der Waals surface area contributed by atoms with E-state index in [1.165, 1.54) is 5.39 Å². The average molecular weight is 175 g/mol. The van der Waals surface area contributed by atoms with E-state index in [9.17, 15) is 0 Å². The number of aromatic amines is 1. The summed E-state index contributed by atoms with van der Waals surface area (Å²) < 4.78 is 0. The second-order valence-electron chi connectivity index (χ2n) is 2.58. The summed E-state index contributed by atoms with van der Waals surface area (Å²) >= 11 is 1.64. The lowest BCUT2D eigenvalue weighted by molar-refractivity contribution is 1.32. The molecular formula is C8H5N3S. The van der Waals surface area contributed by atoms with Crippen LogP contribution in [-0.4, -0.2) is 15.0 Å². The zero-order valence-electron chi connectivity index (χ0n) is 6.11. The summed E-state index contributed by atoms with van der Waals surface area (Å²) in [5, 5.41) is 3.22. The third-order valence-corrected chi connectivity index (χ3v) is 2.65. The maximum Gasteiger partial charge on any atom is 0.178 e. The Morgan fingerprint density at radius 1 is 1.42 bits per heavy atom. The highest BCUT2D eigenvalue weighted by atomic mass is 32.1. The number of rotatable bonds is 0. The van der Waals surface area contributed by atoms with Gasteiger partial charge in [0, 0.05) is 5.39 Å². The summed E-state index contributed by atoms with van der Waals surface area (Å²) in [5.41, 5.74) is 1.80. The highest BCUT2D eigenvalue weighted by Gasteiger charge is 2.00. The zero-order valence-corrected chi connectivity index (χ0v) is 6.93. The van der Waals surface area contributed by atoms with Crippen molar-refractivity contribution in [1.29, 1.82) is 0 Å². The number of imidazole rings is 1. The van der Waals surface area contributed by atoms with Crippen molar-refractivity contribution in [2.45, 2.75) is 0 Å². The Labute approximate surface area is 72.1 Å². The van der Waals surface area contributed by atoms with Gasteiger partial charge in [0.05, 0.1) is 11.8 Å². The molecular weight excluding hydrogens is 170 g/mol. The van der Waals surface area contributed by atoms with Crippen molar-refractivity contribution in [3.05, 3.63) is 23.8 Å². The van der Waals surface area contributed by atoms with Gasteiger partial charge in [-0.2, -0.15) is 0 Å². The van der Waals surface area contributed by atoms with Gasteiger partial charge in [0.15, 0.2) is 5.65 Å². The molecule has 0 aliphatic heterocycles. The van der Waals surface area contributed by atoms with Crippen LogP contribution in [0.25, 0.3) is 21.4 Å². The largest absolute Gasteiger partial charge is 0.343 e. The van der Waals surface area contributed by atoms with Crippen LogP contribution in [0.1, 0.15) is 0 Å². The quantitative estimate of drug-likeness (QED) is 0.569. The van der Waals surface area contributed by atoms with Gasteiger partial charge in [0.2, 0.25) is 0 Å². The second-order valence-corrected chi connectivity index (χ2v) is 3.47. The summed E-state index contributed by atoms with van der Waals surface area (Å²) in [6.07, 6.45) is 1.67. The first-order valence-corrected chi connectivity index (χ1v) is 4.49. The van der Waals surface area contributed by atoms with Crippen molar-refractivity contribution in [3.8, 4) is 0 Å². The number of thiophene rings is 1. The van der Waals surface area contributed by atoms with Crippen molar-refractivity contribution in [2.24, 2.45) is 0 Å². The monoisotopic (exact) mass is 175 g/mol. The second kappa shape index (κ2) is 2.04. The number of nitrogens with one attached hydrogen (secondary N) is 1. The number of hydrogen-bond acceptors (Lipinski definition) is 3. The van der Waals surface area contributed by atoms with Gasteiger partial charge in [-0.05, 0) is 17.5 Å². The van der Waals surface area contributed by atoms with Gasteiger partial charge in [-0.15, -0.1) is 11.3 Å². The Morgan fingerprint density at radius 3 is 3.42 bits per heavy atom. The van der Waals surface area contributed by atoms with Crippen LogP contribution in [0, 0.1) is 0 Å². The van der Waals surface area contributed by atoms with E-state index >= 15 is 0 Å². The van der Waals surface area contributed by atoms with Gasteiger partial charge >= 0.3 is 0 Å². The molecule has 0 amide bonds. The first-order valence-electron chi connectivity index (χ1n) is 3.61. The fraction of sp³-hybridized carbons (Fsp3) is 0. The first kappa shape index (κ1) is 6.14. The van der Waals surface area contributed by atoms with E-state index in [1.807, 2.05) is 5.38 Å². The molecule has 12 heavy (non-hydrogen) atoms. The third-order valence-electron chi connectivity index (χ3n) is 1.83. The van der Waals surface area contributed by atoms with E-state index in [2.05, 4.69) is 27.1 Å². The van der Waals surface area contributed by atoms with Crippen LogP contribution in [0.5, 0.6) is 0 Å². The Morgan fingerprint density at radius 2 is 2.42 bits per heavy atom. The van der Waals surface area contributed by atoms with Gasteiger partial charge < -0.3 is 4.98 Å². The highest BCUT2D eigenvalue weighted by molar-refractivity contribution is 7.16. The lowest BCUT2D eigenvalue weighted by Crippen LogP contribution is -1.75. The Kier molecular flexibility index (Phi) is 1.04. The van der Waals surface area contributed by atoms with E-state index in [4.69, 9.17) is 0 Å². The average Bonchev–Trinajstić information content (AvgIpc) is 2.64. The third kappa shape index (κ3) is 0.698. The molecule has 0 saturated carbocycles. The SMILES string of the molecule is c1nc2nc3sccc3cc2[nH]1. The van der Waals surface area contributed by atoms with Gasteiger partial charge in [0.1, 0.15) is 4.83 Å². The van der Waals surface area contributed by atoms with Crippen molar-refractivity contribution >= 4 is 32.7 Å². The molecule has 1 N–H and O–H groups in total. The number of H-pyrrole nitrogens is 1. The maximum absolute atomic E-state index is 4.37. The topological polar surface area (TPSA) is 41.6 Å². The molecule has 4 heteroatoms. The maximum atomic E-state index is 4.37. The minimum Gasteiger partial charge on any atom is -0.343 e. The lowest BCUT2D eigenvalue weighted by atomic mass is 10.3. The molecule has 0 bridgehead atoms. The van der Waals surface area contributed by atoms with E-state index in [0.29, 0.717) is 0 Å². The molecule has 3 aromatic heterocycles. The van der Waals surface area contributed by atoms with E-state index in [1.54, 1.807) is 17.7 Å². The van der Waals surface area contributed by atoms with E-state index in [0.717, 1.165) is 16.0 Å². The molecule has 58 valence electrons. The number of nitrogens with zero attached hydrogens (tertiary/aromatic N) is 2. The standard InChI is InChI=1S/C8H5N3S/c1-2-12-8-5(1)3-6-7(11-8)10-4-9-6/h1-4H,(H,9,10,11). The molecule has 3 aromatic rings. The fourth-order valence-electron chi connectivity index (χ4n) is 1.26. The minimum absolute atomic E-state index is 0.796. The number of fused-ring (bicyclic) bond motifs is 2. The van der Waals surface area contributed by atoms with Crippen LogP contribution >= 0.6 is 11.3 Å². The molecule has 0 radical (unpaired) electrons. The smallest absolute Gasteiger partial charge is 0.178 e. The van der Waals surface area contributed by atoms with Gasteiger partial charge in [0.25, 0.3) is 0 Å². The normalized spacial score (nSPS) is 11.3. The van der Waals surface area contributed by atoms with Crippen LogP contribution in [0.15, 0.2) is 23.8 Å². The Bertz CT molecular complexity index is 446. The van der Waals surface area contributed by atoms with Crippen molar-refractivity contribution < 1.29 is 0 Å². The molecule has 0 unspecified atom stereocenters. The minimum atomic E-state index is 0.796. The molecule has 0 fully saturated rings. The van der Waals surface area contributed by atoms with Crippen molar-refractivity contribution in [3.63, 3.8) is 0 Å².